The monoisotopic (exact) mass is 395 g/mol. The third-order valence-corrected chi connectivity index (χ3v) is 6.22. The third-order valence-electron chi connectivity index (χ3n) is 5.13. The van der Waals surface area contributed by atoms with E-state index in [-0.39, 0.29) is 11.9 Å². The van der Waals surface area contributed by atoms with Crippen molar-refractivity contribution in [1.29, 1.82) is 0 Å². The minimum absolute atomic E-state index is 0.223. The molecule has 4 rings (SSSR count). The molecule has 0 radical (unpaired) electrons. The normalized spacial score (nSPS) is 16.9. The number of hydrogen-bond donors (Lipinski definition) is 1. The number of aryl methyl sites for hydroxylation is 1. The first-order chi connectivity index (χ1) is 13.7. The van der Waals surface area contributed by atoms with Crippen molar-refractivity contribution in [2.45, 2.75) is 31.7 Å². The van der Waals surface area contributed by atoms with Gasteiger partial charge in [0.2, 0.25) is 5.91 Å². The first kappa shape index (κ1) is 18.7. The van der Waals surface area contributed by atoms with Crippen LogP contribution in [0.15, 0.2) is 48.5 Å². The predicted octanol–water partition coefficient (Wildman–Crippen LogP) is 4.34. The van der Waals surface area contributed by atoms with Crippen LogP contribution in [0.25, 0.3) is 10.2 Å². The number of nitrogens with one attached hydrogen (secondary N) is 1. The number of hydrogen-bond acceptors (Lipinski definition) is 5. The fraction of sp³-hybridized carbons (Fsp3) is 0.364. The summed E-state index contributed by atoms with van der Waals surface area (Å²) in [5.74, 6) is 1.07. The van der Waals surface area contributed by atoms with Crippen LogP contribution in [0.2, 0.25) is 0 Å². The second-order valence-corrected chi connectivity index (χ2v) is 8.24. The van der Waals surface area contributed by atoms with Crippen LogP contribution in [0.1, 0.15) is 24.3 Å². The lowest BCUT2D eigenvalue weighted by Crippen LogP contribution is -2.45. The number of ether oxygens (including phenoxy) is 1. The van der Waals surface area contributed by atoms with E-state index in [4.69, 9.17) is 4.74 Å². The molecule has 0 saturated carbocycles. The van der Waals surface area contributed by atoms with Crippen molar-refractivity contribution in [3.05, 3.63) is 53.5 Å². The van der Waals surface area contributed by atoms with E-state index in [1.165, 1.54) is 4.70 Å². The van der Waals surface area contributed by atoms with Crippen LogP contribution in [0.3, 0.4) is 0 Å². The minimum Gasteiger partial charge on any atom is -0.497 e. The molecule has 2 heterocycles. The Bertz CT molecular complexity index is 905. The lowest BCUT2D eigenvalue weighted by Gasteiger charge is -2.33. The molecular formula is C22H25N3O2S. The van der Waals surface area contributed by atoms with E-state index in [1.54, 1.807) is 18.4 Å². The molecule has 0 bridgehead atoms. The smallest absolute Gasteiger partial charge is 0.223 e. The molecular weight excluding hydrogens is 370 g/mol. The highest BCUT2D eigenvalue weighted by atomic mass is 32.1. The molecule has 6 heteroatoms. The molecule has 0 aliphatic carbocycles. The average molecular weight is 396 g/mol. The summed E-state index contributed by atoms with van der Waals surface area (Å²) in [6, 6.07) is 16.4. The van der Waals surface area contributed by atoms with Crippen LogP contribution in [0, 0.1) is 0 Å². The van der Waals surface area contributed by atoms with Crippen LogP contribution >= 0.6 is 11.3 Å². The zero-order valence-corrected chi connectivity index (χ0v) is 16.9. The summed E-state index contributed by atoms with van der Waals surface area (Å²) >= 11 is 1.69. The van der Waals surface area contributed by atoms with Gasteiger partial charge in [-0.25, -0.2) is 4.98 Å². The SMILES string of the molecule is COc1ccc(N[C@H]2CCCN(C(=O)CCc3nc4ccccc4s3)C2)cc1. The Morgan fingerprint density at radius 3 is 2.86 bits per heavy atom. The maximum atomic E-state index is 12.7. The Kier molecular flexibility index (Phi) is 5.76. The zero-order valence-electron chi connectivity index (χ0n) is 16.1. The van der Waals surface area contributed by atoms with Gasteiger partial charge >= 0.3 is 0 Å². The maximum Gasteiger partial charge on any atom is 0.223 e. The Balaban J connectivity index is 1.31. The molecule has 1 aliphatic rings. The lowest BCUT2D eigenvalue weighted by molar-refractivity contribution is -0.132. The number of para-hydroxylation sites is 1. The number of aromatic nitrogens is 1. The van der Waals surface area contributed by atoms with E-state index >= 15 is 0 Å². The molecule has 1 amide bonds. The van der Waals surface area contributed by atoms with E-state index in [1.807, 2.05) is 47.4 Å². The van der Waals surface area contributed by atoms with Crippen molar-refractivity contribution < 1.29 is 9.53 Å². The molecule has 1 aliphatic heterocycles. The molecule has 1 atom stereocenters. The topological polar surface area (TPSA) is 54.5 Å². The van der Waals surface area contributed by atoms with Gasteiger partial charge in [-0.3, -0.25) is 4.79 Å². The Morgan fingerprint density at radius 1 is 1.25 bits per heavy atom. The van der Waals surface area contributed by atoms with Crippen molar-refractivity contribution in [3.8, 4) is 5.75 Å². The number of anilines is 1. The van der Waals surface area contributed by atoms with Gasteiger partial charge in [0, 0.05) is 37.7 Å². The second-order valence-electron chi connectivity index (χ2n) is 7.13. The standard InChI is InChI=1S/C22H25N3O2S/c1-27-18-10-8-16(9-11-18)23-17-5-4-14-25(15-17)22(26)13-12-21-24-19-6-2-3-7-20(19)28-21/h2-3,6-11,17,23H,4-5,12-15H2,1H3/t17-/m0/s1. The zero-order chi connectivity index (χ0) is 19.3. The van der Waals surface area contributed by atoms with E-state index in [9.17, 15) is 4.79 Å². The van der Waals surface area contributed by atoms with Gasteiger partial charge in [-0.1, -0.05) is 12.1 Å². The molecule has 1 fully saturated rings. The molecule has 2 aromatic carbocycles. The first-order valence-corrected chi connectivity index (χ1v) is 10.6. The van der Waals surface area contributed by atoms with Gasteiger partial charge in [0.1, 0.15) is 5.75 Å². The van der Waals surface area contributed by atoms with Crippen molar-refractivity contribution in [2.24, 2.45) is 0 Å². The number of amides is 1. The van der Waals surface area contributed by atoms with E-state index < -0.39 is 0 Å². The minimum atomic E-state index is 0.223. The summed E-state index contributed by atoms with van der Waals surface area (Å²) in [5.41, 5.74) is 2.09. The van der Waals surface area contributed by atoms with Crippen molar-refractivity contribution >= 4 is 33.1 Å². The van der Waals surface area contributed by atoms with Gasteiger partial charge in [0.25, 0.3) is 0 Å². The van der Waals surface area contributed by atoms with Gasteiger partial charge in [0.15, 0.2) is 0 Å². The summed E-state index contributed by atoms with van der Waals surface area (Å²) in [7, 11) is 1.67. The molecule has 28 heavy (non-hydrogen) atoms. The summed E-state index contributed by atoms with van der Waals surface area (Å²) in [6.07, 6.45) is 3.34. The third kappa shape index (κ3) is 4.44. The Hall–Kier alpha value is -2.60. The van der Waals surface area contributed by atoms with Gasteiger partial charge in [-0.2, -0.15) is 0 Å². The summed E-state index contributed by atoms with van der Waals surface area (Å²) in [4.78, 5) is 19.4. The van der Waals surface area contributed by atoms with Gasteiger partial charge in [0.05, 0.1) is 22.3 Å². The van der Waals surface area contributed by atoms with Gasteiger partial charge < -0.3 is 15.0 Å². The number of benzene rings is 2. The average Bonchev–Trinajstić information content (AvgIpc) is 3.16. The summed E-state index contributed by atoms with van der Waals surface area (Å²) in [6.45, 7) is 1.60. The number of methoxy groups -OCH3 is 1. The van der Waals surface area contributed by atoms with Gasteiger partial charge in [-0.05, 0) is 49.2 Å². The molecule has 1 saturated heterocycles. The first-order valence-electron chi connectivity index (χ1n) is 9.74. The van der Waals surface area contributed by atoms with E-state index in [0.29, 0.717) is 12.8 Å². The van der Waals surface area contributed by atoms with Gasteiger partial charge in [-0.15, -0.1) is 11.3 Å². The molecule has 0 spiro atoms. The molecule has 146 valence electrons. The number of likely N-dealkylation sites (tertiary alicyclic amines) is 1. The maximum absolute atomic E-state index is 12.7. The van der Waals surface area contributed by atoms with Crippen LogP contribution in [0.4, 0.5) is 5.69 Å². The van der Waals surface area contributed by atoms with E-state index in [0.717, 1.165) is 47.9 Å². The number of carbonyl (C=O) groups is 1. The highest BCUT2D eigenvalue weighted by molar-refractivity contribution is 7.18. The van der Waals surface area contributed by atoms with Crippen LogP contribution in [-0.2, 0) is 11.2 Å². The number of thiazole rings is 1. The van der Waals surface area contributed by atoms with E-state index in [2.05, 4.69) is 16.4 Å². The number of rotatable bonds is 6. The number of fused-ring (bicyclic) bond motifs is 1. The fourth-order valence-electron chi connectivity index (χ4n) is 3.64. The van der Waals surface area contributed by atoms with Crippen molar-refractivity contribution in [1.82, 2.24) is 9.88 Å². The Labute approximate surface area is 169 Å². The molecule has 1 aromatic heterocycles. The number of nitrogens with zero attached hydrogens (tertiary/aromatic N) is 2. The van der Waals surface area contributed by atoms with Crippen molar-refractivity contribution in [2.75, 3.05) is 25.5 Å². The molecule has 5 nitrogen and oxygen atoms in total. The number of piperidine rings is 1. The van der Waals surface area contributed by atoms with Crippen LogP contribution in [-0.4, -0.2) is 42.0 Å². The van der Waals surface area contributed by atoms with Crippen LogP contribution < -0.4 is 10.1 Å². The second kappa shape index (κ2) is 8.61. The quantitative estimate of drug-likeness (QED) is 0.675. The molecule has 3 aromatic rings. The largest absolute Gasteiger partial charge is 0.497 e. The highest BCUT2D eigenvalue weighted by Crippen LogP contribution is 2.23. The number of carbonyl (C=O) groups excluding carboxylic acids is 1. The highest BCUT2D eigenvalue weighted by Gasteiger charge is 2.23. The Morgan fingerprint density at radius 2 is 2.07 bits per heavy atom. The summed E-state index contributed by atoms with van der Waals surface area (Å²) < 4.78 is 6.39. The predicted molar refractivity (Wildman–Crippen MR) is 114 cm³/mol. The summed E-state index contributed by atoms with van der Waals surface area (Å²) in [5, 5.41) is 4.59. The van der Waals surface area contributed by atoms with Crippen LogP contribution in [0.5, 0.6) is 5.75 Å². The lowest BCUT2D eigenvalue weighted by atomic mass is 10.0. The van der Waals surface area contributed by atoms with Crippen molar-refractivity contribution in [3.63, 3.8) is 0 Å². The fourth-order valence-corrected chi connectivity index (χ4v) is 4.61. The molecule has 1 N–H and O–H groups in total. The molecule has 0 unspecified atom stereocenters.